The quantitative estimate of drug-likeness (QED) is 0.565. The summed E-state index contributed by atoms with van der Waals surface area (Å²) in [6.07, 6.45) is -0.775. The van der Waals surface area contributed by atoms with Crippen molar-refractivity contribution in [3.8, 4) is 5.75 Å². The third kappa shape index (κ3) is 8.08. The second-order valence-electron chi connectivity index (χ2n) is 7.15. The molecule has 1 aromatic carbocycles. The number of phenolic OH excluding ortho intramolecular Hbond substituents is 1. The zero-order valence-electron chi connectivity index (χ0n) is 17.1. The standard InChI is InChI=1S/C19H27N3O7/c1-19(2,3)29-18(27)21-10-14(24)22(4)16(12-7-6-8-13(23)9-12)17(26)20-11-15(25)28-5/h6-9,16,23H,10-11H2,1-5H3,(H,20,26)(H,21,27). The molecule has 0 radical (unpaired) electrons. The third-order valence-corrected chi connectivity index (χ3v) is 3.63. The Morgan fingerprint density at radius 2 is 1.79 bits per heavy atom. The number of amides is 3. The monoisotopic (exact) mass is 409 g/mol. The van der Waals surface area contributed by atoms with Gasteiger partial charge in [0, 0.05) is 7.05 Å². The molecule has 0 aliphatic carbocycles. The number of likely N-dealkylation sites (N-methyl/N-ethyl adjacent to an activating group) is 1. The number of esters is 1. The summed E-state index contributed by atoms with van der Waals surface area (Å²) in [7, 11) is 2.55. The van der Waals surface area contributed by atoms with Gasteiger partial charge in [-0.1, -0.05) is 12.1 Å². The van der Waals surface area contributed by atoms with Crippen molar-refractivity contribution in [3.05, 3.63) is 29.8 Å². The Labute approximate surface area is 169 Å². The van der Waals surface area contributed by atoms with Crippen LogP contribution in [0.3, 0.4) is 0 Å². The summed E-state index contributed by atoms with van der Waals surface area (Å²) in [5, 5.41) is 14.4. The van der Waals surface area contributed by atoms with Gasteiger partial charge in [-0.05, 0) is 38.5 Å². The average molecular weight is 409 g/mol. The molecule has 0 spiro atoms. The molecular weight excluding hydrogens is 382 g/mol. The molecule has 0 heterocycles. The first-order valence-corrected chi connectivity index (χ1v) is 8.80. The van der Waals surface area contributed by atoms with E-state index >= 15 is 0 Å². The summed E-state index contributed by atoms with van der Waals surface area (Å²) >= 11 is 0. The van der Waals surface area contributed by atoms with Crippen molar-refractivity contribution >= 4 is 23.9 Å². The Morgan fingerprint density at radius 3 is 2.34 bits per heavy atom. The lowest BCUT2D eigenvalue weighted by Crippen LogP contribution is -2.46. The first-order valence-electron chi connectivity index (χ1n) is 8.80. The number of ether oxygens (including phenoxy) is 2. The van der Waals surface area contributed by atoms with Gasteiger partial charge in [-0.15, -0.1) is 0 Å². The molecule has 1 aromatic rings. The van der Waals surface area contributed by atoms with E-state index in [1.807, 2.05) is 0 Å². The van der Waals surface area contributed by atoms with Gasteiger partial charge in [0.25, 0.3) is 0 Å². The van der Waals surface area contributed by atoms with Gasteiger partial charge in [0.2, 0.25) is 11.8 Å². The molecule has 3 amide bonds. The minimum atomic E-state index is -1.15. The molecule has 10 heteroatoms. The number of rotatable bonds is 7. The van der Waals surface area contributed by atoms with Crippen LogP contribution in [0.2, 0.25) is 0 Å². The number of aromatic hydroxyl groups is 1. The third-order valence-electron chi connectivity index (χ3n) is 3.63. The largest absolute Gasteiger partial charge is 0.508 e. The molecule has 0 saturated heterocycles. The van der Waals surface area contributed by atoms with E-state index in [4.69, 9.17) is 4.74 Å². The van der Waals surface area contributed by atoms with Crippen LogP contribution in [0.15, 0.2) is 24.3 Å². The molecule has 29 heavy (non-hydrogen) atoms. The van der Waals surface area contributed by atoms with Crippen LogP contribution in [0.5, 0.6) is 5.75 Å². The van der Waals surface area contributed by atoms with Gasteiger partial charge >= 0.3 is 12.1 Å². The lowest BCUT2D eigenvalue weighted by Gasteiger charge is -2.28. The molecule has 0 fully saturated rings. The van der Waals surface area contributed by atoms with Crippen LogP contribution in [0.4, 0.5) is 4.79 Å². The topological polar surface area (TPSA) is 134 Å². The second-order valence-corrected chi connectivity index (χ2v) is 7.15. The summed E-state index contributed by atoms with van der Waals surface area (Å²) < 4.78 is 9.55. The Balaban J connectivity index is 2.93. The van der Waals surface area contributed by atoms with Crippen LogP contribution in [-0.4, -0.2) is 66.7 Å². The number of hydrogen-bond donors (Lipinski definition) is 3. The number of carbonyl (C=O) groups is 4. The molecule has 1 unspecified atom stereocenters. The summed E-state index contributed by atoms with van der Waals surface area (Å²) in [5.41, 5.74) is -0.405. The summed E-state index contributed by atoms with van der Waals surface area (Å²) in [6.45, 7) is 4.26. The van der Waals surface area contributed by atoms with Crippen LogP contribution in [0.1, 0.15) is 32.4 Å². The van der Waals surface area contributed by atoms with Gasteiger partial charge in [0.1, 0.15) is 30.5 Å². The molecular formula is C19H27N3O7. The number of alkyl carbamates (subject to hydrolysis) is 1. The van der Waals surface area contributed by atoms with Crippen LogP contribution in [0, 0.1) is 0 Å². The smallest absolute Gasteiger partial charge is 0.408 e. The fraction of sp³-hybridized carbons (Fsp3) is 0.474. The molecule has 1 rings (SSSR count). The normalized spacial score (nSPS) is 11.8. The Bertz CT molecular complexity index is 758. The highest BCUT2D eigenvalue weighted by Gasteiger charge is 2.29. The van der Waals surface area contributed by atoms with Crippen LogP contribution in [0.25, 0.3) is 0 Å². The maximum Gasteiger partial charge on any atom is 0.408 e. The zero-order valence-corrected chi connectivity index (χ0v) is 17.1. The SMILES string of the molecule is COC(=O)CNC(=O)C(c1cccc(O)c1)N(C)C(=O)CNC(=O)OC(C)(C)C. The van der Waals surface area contributed by atoms with E-state index in [2.05, 4.69) is 15.4 Å². The number of nitrogens with one attached hydrogen (secondary N) is 2. The molecule has 0 aliphatic rings. The van der Waals surface area contributed by atoms with Crippen LogP contribution >= 0.6 is 0 Å². The van der Waals surface area contributed by atoms with E-state index in [1.54, 1.807) is 26.8 Å². The molecule has 3 N–H and O–H groups in total. The fourth-order valence-corrected chi connectivity index (χ4v) is 2.30. The molecule has 1 atom stereocenters. The van der Waals surface area contributed by atoms with Crippen LogP contribution in [-0.2, 0) is 23.9 Å². The van der Waals surface area contributed by atoms with E-state index in [0.29, 0.717) is 5.56 Å². The van der Waals surface area contributed by atoms with E-state index < -0.39 is 42.1 Å². The number of benzene rings is 1. The summed E-state index contributed by atoms with van der Waals surface area (Å²) in [5.74, 6) is -2.00. The van der Waals surface area contributed by atoms with Crippen molar-refractivity contribution in [1.29, 1.82) is 0 Å². The predicted molar refractivity (Wildman–Crippen MR) is 103 cm³/mol. The van der Waals surface area contributed by atoms with Crippen molar-refractivity contribution < 1.29 is 33.8 Å². The summed E-state index contributed by atoms with van der Waals surface area (Å²) in [6, 6.07) is 4.65. The molecule has 0 saturated carbocycles. The van der Waals surface area contributed by atoms with E-state index in [0.717, 1.165) is 4.90 Å². The Morgan fingerprint density at radius 1 is 1.14 bits per heavy atom. The van der Waals surface area contributed by atoms with Crippen molar-refractivity contribution in [1.82, 2.24) is 15.5 Å². The van der Waals surface area contributed by atoms with Gasteiger partial charge < -0.3 is 30.1 Å². The first-order chi connectivity index (χ1) is 13.4. The minimum absolute atomic E-state index is 0.0963. The van der Waals surface area contributed by atoms with Crippen molar-refractivity contribution in [2.24, 2.45) is 0 Å². The lowest BCUT2D eigenvalue weighted by atomic mass is 10.0. The molecule has 0 aliphatic heterocycles. The lowest BCUT2D eigenvalue weighted by molar-refractivity contribution is -0.143. The molecule has 10 nitrogen and oxygen atoms in total. The van der Waals surface area contributed by atoms with Gasteiger partial charge in [-0.2, -0.15) is 0 Å². The van der Waals surface area contributed by atoms with Gasteiger partial charge in [0.05, 0.1) is 7.11 Å². The predicted octanol–water partition coefficient (Wildman–Crippen LogP) is 0.706. The average Bonchev–Trinajstić information content (AvgIpc) is 2.62. The van der Waals surface area contributed by atoms with Crippen LogP contribution < -0.4 is 10.6 Å². The highest BCUT2D eigenvalue weighted by molar-refractivity contribution is 5.91. The number of hydrogen-bond acceptors (Lipinski definition) is 7. The van der Waals surface area contributed by atoms with Crippen molar-refractivity contribution in [2.75, 3.05) is 27.2 Å². The van der Waals surface area contributed by atoms with E-state index in [-0.39, 0.29) is 12.3 Å². The zero-order chi connectivity index (χ0) is 22.2. The second kappa shape index (κ2) is 10.3. The Hall–Kier alpha value is -3.30. The van der Waals surface area contributed by atoms with Crippen molar-refractivity contribution in [2.45, 2.75) is 32.4 Å². The maximum absolute atomic E-state index is 12.6. The van der Waals surface area contributed by atoms with Gasteiger partial charge in [0.15, 0.2) is 0 Å². The first kappa shape index (κ1) is 23.7. The molecule has 160 valence electrons. The van der Waals surface area contributed by atoms with Gasteiger partial charge in [-0.3, -0.25) is 14.4 Å². The van der Waals surface area contributed by atoms with E-state index in [1.165, 1.54) is 32.4 Å². The van der Waals surface area contributed by atoms with Crippen molar-refractivity contribution in [3.63, 3.8) is 0 Å². The fourth-order valence-electron chi connectivity index (χ4n) is 2.30. The highest BCUT2D eigenvalue weighted by Crippen LogP contribution is 2.23. The highest BCUT2D eigenvalue weighted by atomic mass is 16.6. The molecule has 0 aromatic heterocycles. The number of nitrogens with zero attached hydrogens (tertiary/aromatic N) is 1. The Kier molecular flexibility index (Phi) is 8.43. The number of carbonyl (C=O) groups excluding carboxylic acids is 4. The van der Waals surface area contributed by atoms with E-state index in [9.17, 15) is 24.3 Å². The minimum Gasteiger partial charge on any atom is -0.508 e. The maximum atomic E-state index is 12.6. The number of phenols is 1. The molecule has 0 bridgehead atoms. The summed E-state index contributed by atoms with van der Waals surface area (Å²) in [4.78, 5) is 49.3. The number of methoxy groups -OCH3 is 1. The van der Waals surface area contributed by atoms with Gasteiger partial charge in [-0.25, -0.2) is 4.79 Å².